The highest BCUT2D eigenvalue weighted by molar-refractivity contribution is 5.78. The van der Waals surface area contributed by atoms with E-state index in [1.54, 1.807) is 0 Å². The maximum absolute atomic E-state index is 13.2. The van der Waals surface area contributed by atoms with Gasteiger partial charge in [-0.2, -0.15) is 13.2 Å². The van der Waals surface area contributed by atoms with E-state index in [1.807, 2.05) is 6.92 Å². The Morgan fingerprint density at radius 3 is 2.56 bits per heavy atom. The van der Waals surface area contributed by atoms with Gasteiger partial charge in [-0.1, -0.05) is 13.0 Å². The summed E-state index contributed by atoms with van der Waals surface area (Å²) in [6.07, 6.45) is -1.89. The van der Waals surface area contributed by atoms with Crippen molar-refractivity contribution in [2.24, 2.45) is 0 Å². The summed E-state index contributed by atoms with van der Waals surface area (Å²) in [7, 11) is 0. The Balaban J connectivity index is 2.05. The van der Waals surface area contributed by atoms with Gasteiger partial charge in [-0.15, -0.1) is 0 Å². The molecule has 2 aromatic heterocycles. The number of halogens is 4. The molecule has 5 nitrogen and oxygen atoms in total. The van der Waals surface area contributed by atoms with Crippen LogP contribution in [0.2, 0.25) is 0 Å². The summed E-state index contributed by atoms with van der Waals surface area (Å²) in [5, 5.41) is 10.2. The lowest BCUT2D eigenvalue weighted by Gasteiger charge is -2.25. The average Bonchev–Trinajstić information content (AvgIpc) is 2.61. The van der Waals surface area contributed by atoms with Gasteiger partial charge in [0.25, 0.3) is 0 Å². The van der Waals surface area contributed by atoms with Crippen LogP contribution in [0.1, 0.15) is 36.3 Å². The number of hydrogen-bond acceptors (Lipinski definition) is 4. The second-order valence-corrected chi connectivity index (χ2v) is 6.02. The molecule has 0 bridgehead atoms. The predicted octanol–water partition coefficient (Wildman–Crippen LogP) is 3.15. The van der Waals surface area contributed by atoms with Crippen molar-refractivity contribution in [1.82, 2.24) is 14.9 Å². The average molecular weight is 385 g/mol. The van der Waals surface area contributed by atoms with E-state index >= 15 is 0 Å². The molecular formula is C18H19F4N3O2. The van der Waals surface area contributed by atoms with E-state index in [1.165, 1.54) is 17.2 Å². The summed E-state index contributed by atoms with van der Waals surface area (Å²) in [5.41, 5.74) is -0.464. The number of pyridine rings is 2. The Labute approximate surface area is 153 Å². The second-order valence-electron chi connectivity index (χ2n) is 6.02. The lowest BCUT2D eigenvalue weighted by Crippen LogP contribution is -2.36. The molecule has 0 aromatic carbocycles. The van der Waals surface area contributed by atoms with Crippen molar-refractivity contribution in [2.75, 3.05) is 13.1 Å². The van der Waals surface area contributed by atoms with E-state index in [0.29, 0.717) is 18.5 Å². The molecule has 0 aliphatic carbocycles. The zero-order chi connectivity index (χ0) is 20.0. The first-order valence-electron chi connectivity index (χ1n) is 8.29. The number of aromatic nitrogens is 2. The minimum absolute atomic E-state index is 0.0775. The van der Waals surface area contributed by atoms with Crippen molar-refractivity contribution >= 4 is 5.91 Å². The molecule has 0 aliphatic heterocycles. The summed E-state index contributed by atoms with van der Waals surface area (Å²) in [5.74, 6) is -0.974. The minimum Gasteiger partial charge on any atom is -0.386 e. The fourth-order valence-corrected chi connectivity index (χ4v) is 2.50. The summed E-state index contributed by atoms with van der Waals surface area (Å²) < 4.78 is 50.9. The van der Waals surface area contributed by atoms with Crippen molar-refractivity contribution in [1.29, 1.82) is 0 Å². The summed E-state index contributed by atoms with van der Waals surface area (Å²) in [6.45, 7) is 2.11. The molecule has 9 heteroatoms. The molecule has 0 aliphatic rings. The first-order valence-corrected chi connectivity index (χ1v) is 8.29. The van der Waals surface area contributed by atoms with Crippen LogP contribution in [0.3, 0.4) is 0 Å². The predicted molar refractivity (Wildman–Crippen MR) is 89.0 cm³/mol. The third-order valence-electron chi connectivity index (χ3n) is 3.82. The van der Waals surface area contributed by atoms with E-state index in [0.717, 1.165) is 24.5 Å². The number of hydrogen-bond donors (Lipinski definition) is 1. The summed E-state index contributed by atoms with van der Waals surface area (Å²) >= 11 is 0. The Hall–Kier alpha value is -2.55. The minimum atomic E-state index is -4.54. The first-order chi connectivity index (χ1) is 12.7. The quantitative estimate of drug-likeness (QED) is 0.744. The first kappa shape index (κ1) is 20.8. The van der Waals surface area contributed by atoms with Crippen LogP contribution < -0.4 is 0 Å². The Morgan fingerprint density at radius 1 is 1.26 bits per heavy atom. The molecule has 2 rings (SSSR count). The van der Waals surface area contributed by atoms with E-state index in [4.69, 9.17) is 0 Å². The number of aliphatic hydroxyl groups excluding tert-OH is 1. The molecule has 2 heterocycles. The van der Waals surface area contributed by atoms with Gasteiger partial charge in [0.15, 0.2) is 0 Å². The van der Waals surface area contributed by atoms with Gasteiger partial charge in [-0.25, -0.2) is 4.39 Å². The van der Waals surface area contributed by atoms with Crippen LogP contribution in [0.25, 0.3) is 0 Å². The van der Waals surface area contributed by atoms with Crippen LogP contribution in [0.15, 0.2) is 36.8 Å². The van der Waals surface area contributed by atoms with Gasteiger partial charge in [-0.05, 0) is 24.1 Å². The number of alkyl halides is 3. The zero-order valence-corrected chi connectivity index (χ0v) is 14.6. The van der Waals surface area contributed by atoms with Crippen molar-refractivity contribution in [3.63, 3.8) is 0 Å². The van der Waals surface area contributed by atoms with Gasteiger partial charge in [0.2, 0.25) is 5.91 Å². The lowest BCUT2D eigenvalue weighted by molar-refractivity contribution is -0.141. The fourth-order valence-electron chi connectivity index (χ4n) is 2.50. The molecule has 0 fully saturated rings. The molecule has 1 amide bonds. The molecule has 0 saturated carbocycles. The van der Waals surface area contributed by atoms with Crippen LogP contribution in [0, 0.1) is 5.82 Å². The van der Waals surface area contributed by atoms with Gasteiger partial charge in [0.1, 0.15) is 11.5 Å². The summed E-state index contributed by atoms with van der Waals surface area (Å²) in [4.78, 5) is 20.9. The van der Waals surface area contributed by atoms with Crippen LogP contribution in [-0.2, 0) is 17.4 Å². The Kier molecular flexibility index (Phi) is 6.84. The molecule has 0 saturated heterocycles. The van der Waals surface area contributed by atoms with Gasteiger partial charge >= 0.3 is 6.18 Å². The van der Waals surface area contributed by atoms with Gasteiger partial charge in [0, 0.05) is 24.5 Å². The highest BCUT2D eigenvalue weighted by atomic mass is 19.4. The Bertz CT molecular complexity index is 766. The molecule has 1 N–H and O–H groups in total. The molecule has 0 radical (unpaired) electrons. The molecule has 1 unspecified atom stereocenters. The second kappa shape index (κ2) is 8.90. The van der Waals surface area contributed by atoms with E-state index in [-0.39, 0.29) is 24.4 Å². The van der Waals surface area contributed by atoms with E-state index in [2.05, 4.69) is 9.97 Å². The van der Waals surface area contributed by atoms with Gasteiger partial charge in [-0.3, -0.25) is 14.8 Å². The van der Waals surface area contributed by atoms with E-state index in [9.17, 15) is 27.5 Å². The third-order valence-corrected chi connectivity index (χ3v) is 3.82. The van der Waals surface area contributed by atoms with Crippen molar-refractivity contribution in [3.8, 4) is 0 Å². The van der Waals surface area contributed by atoms with Crippen LogP contribution in [0.4, 0.5) is 17.6 Å². The van der Waals surface area contributed by atoms with Gasteiger partial charge < -0.3 is 10.0 Å². The monoisotopic (exact) mass is 385 g/mol. The van der Waals surface area contributed by atoms with Crippen LogP contribution >= 0.6 is 0 Å². The van der Waals surface area contributed by atoms with Crippen LogP contribution in [-0.4, -0.2) is 39.0 Å². The number of nitrogens with zero attached hydrogens (tertiary/aromatic N) is 3. The van der Waals surface area contributed by atoms with Crippen LogP contribution in [0.5, 0.6) is 0 Å². The topological polar surface area (TPSA) is 66.3 Å². The number of rotatable bonds is 7. The summed E-state index contributed by atoms with van der Waals surface area (Å²) in [6, 6.07) is 3.15. The highest BCUT2D eigenvalue weighted by Gasteiger charge is 2.32. The maximum Gasteiger partial charge on any atom is 0.433 e. The van der Waals surface area contributed by atoms with E-state index < -0.39 is 23.8 Å². The van der Waals surface area contributed by atoms with Crippen molar-refractivity contribution in [3.05, 3.63) is 59.4 Å². The van der Waals surface area contributed by atoms with Crippen molar-refractivity contribution < 1.29 is 27.5 Å². The van der Waals surface area contributed by atoms with Crippen molar-refractivity contribution in [2.45, 2.75) is 32.0 Å². The maximum atomic E-state index is 13.2. The number of amides is 1. The normalized spacial score (nSPS) is 12.7. The zero-order valence-electron chi connectivity index (χ0n) is 14.6. The smallest absolute Gasteiger partial charge is 0.386 e. The molecule has 146 valence electrons. The Morgan fingerprint density at radius 2 is 2.00 bits per heavy atom. The molecular weight excluding hydrogens is 366 g/mol. The molecule has 27 heavy (non-hydrogen) atoms. The SMILES string of the molecule is CCCN(CC(O)c1cncc(F)c1)C(=O)Cc1ccc(C(F)(F)F)nc1. The largest absolute Gasteiger partial charge is 0.433 e. The fraction of sp³-hybridized carbons (Fsp3) is 0.389. The molecule has 1 atom stereocenters. The number of carbonyl (C=O) groups excluding carboxylic acids is 1. The number of aliphatic hydroxyl groups is 1. The third kappa shape index (κ3) is 5.99. The lowest BCUT2D eigenvalue weighted by atomic mass is 10.1. The molecule has 0 spiro atoms. The molecule has 2 aromatic rings. The van der Waals surface area contributed by atoms with Gasteiger partial charge in [0.05, 0.1) is 25.3 Å². The number of carbonyl (C=O) groups is 1. The standard InChI is InChI=1S/C18H19F4N3O2/c1-2-5-25(11-15(26)13-7-14(19)10-23-9-13)17(27)6-12-3-4-16(24-8-12)18(20,21)22/h3-4,7-10,15,26H,2,5-6,11H2,1H3. The highest BCUT2D eigenvalue weighted by Crippen LogP contribution is 2.27.